The fourth-order valence-electron chi connectivity index (χ4n) is 3.24. The van der Waals surface area contributed by atoms with E-state index in [0.717, 1.165) is 37.9 Å². The third-order valence-electron chi connectivity index (χ3n) is 4.76. The Bertz CT molecular complexity index is 555. The topological polar surface area (TPSA) is 34.0 Å². The Balaban J connectivity index is 1.89. The van der Waals surface area contributed by atoms with Gasteiger partial charge in [-0.1, -0.05) is 13.8 Å². The molecular weight excluding hydrogens is 260 g/mol. The molecule has 1 N–H and O–H groups in total. The monoisotopic (exact) mass is 288 g/mol. The summed E-state index contributed by atoms with van der Waals surface area (Å²) in [6, 6.07) is 2.85. The highest BCUT2D eigenvalue weighted by Crippen LogP contribution is 2.23. The molecule has 1 saturated carbocycles. The van der Waals surface area contributed by atoms with E-state index in [1.165, 1.54) is 36.9 Å². The Hall–Kier alpha value is -1.09. The number of hydrogen-bond acceptors (Lipinski definition) is 2. The maximum absolute atomic E-state index is 12.8. The van der Waals surface area contributed by atoms with E-state index in [4.69, 9.17) is 0 Å². The quantitative estimate of drug-likeness (QED) is 0.873. The van der Waals surface area contributed by atoms with Gasteiger partial charge >= 0.3 is 0 Å². The molecular formula is C18H28N2O. The van der Waals surface area contributed by atoms with Crippen LogP contribution in [0, 0.1) is 5.92 Å². The Labute approximate surface area is 127 Å². The molecule has 2 aliphatic carbocycles. The average Bonchev–Trinajstić information content (AvgIpc) is 3.28. The molecule has 1 aromatic rings. The van der Waals surface area contributed by atoms with Crippen molar-refractivity contribution in [1.82, 2.24) is 9.88 Å². The van der Waals surface area contributed by atoms with Gasteiger partial charge in [-0.3, -0.25) is 4.79 Å². The fraction of sp³-hybridized carbons (Fsp3) is 0.722. The predicted molar refractivity (Wildman–Crippen MR) is 86.7 cm³/mol. The fourth-order valence-corrected chi connectivity index (χ4v) is 3.24. The number of hydrogen-bond donors (Lipinski definition) is 1. The van der Waals surface area contributed by atoms with E-state index < -0.39 is 0 Å². The summed E-state index contributed by atoms with van der Waals surface area (Å²) < 4.78 is 2.10. The molecule has 0 saturated heterocycles. The van der Waals surface area contributed by atoms with Gasteiger partial charge in [0.1, 0.15) is 0 Å². The van der Waals surface area contributed by atoms with Gasteiger partial charge in [0, 0.05) is 30.4 Å². The predicted octanol–water partition coefficient (Wildman–Crippen LogP) is 3.03. The minimum atomic E-state index is 0.254. The zero-order chi connectivity index (χ0) is 14.8. The van der Waals surface area contributed by atoms with E-state index in [1.807, 2.05) is 0 Å². The van der Waals surface area contributed by atoms with Crippen molar-refractivity contribution in [3.05, 3.63) is 33.2 Å². The first kappa shape index (κ1) is 14.8. The minimum absolute atomic E-state index is 0.254. The minimum Gasteiger partial charge on any atom is -0.312 e. The number of nitrogens with zero attached hydrogens (tertiary/aromatic N) is 1. The second-order valence-corrected chi connectivity index (χ2v) is 7.14. The van der Waals surface area contributed by atoms with Crippen molar-refractivity contribution in [1.29, 1.82) is 0 Å². The highest BCUT2D eigenvalue weighted by molar-refractivity contribution is 5.29. The van der Waals surface area contributed by atoms with Crippen LogP contribution in [0.15, 0.2) is 10.9 Å². The molecule has 116 valence electrons. The molecule has 2 aliphatic rings. The third-order valence-corrected chi connectivity index (χ3v) is 4.76. The number of rotatable bonds is 6. The van der Waals surface area contributed by atoms with E-state index in [1.54, 1.807) is 0 Å². The van der Waals surface area contributed by atoms with Crippen LogP contribution in [-0.4, -0.2) is 10.6 Å². The van der Waals surface area contributed by atoms with Crippen molar-refractivity contribution in [3.8, 4) is 0 Å². The van der Waals surface area contributed by atoms with Gasteiger partial charge in [-0.2, -0.15) is 0 Å². The van der Waals surface area contributed by atoms with Crippen LogP contribution in [0.4, 0.5) is 0 Å². The molecule has 0 aliphatic heterocycles. The molecule has 0 bridgehead atoms. The van der Waals surface area contributed by atoms with Gasteiger partial charge in [0.2, 0.25) is 0 Å². The van der Waals surface area contributed by atoms with Gasteiger partial charge < -0.3 is 9.88 Å². The number of nitrogens with one attached hydrogen (secondary N) is 1. The molecule has 0 aromatic carbocycles. The SMILES string of the molecule is CC(C)CCn1c2c(cc(CNC3CC3)c1=O)CCCC2. The summed E-state index contributed by atoms with van der Waals surface area (Å²) in [4.78, 5) is 12.8. The van der Waals surface area contributed by atoms with Gasteiger partial charge in [0.15, 0.2) is 0 Å². The lowest BCUT2D eigenvalue weighted by atomic mass is 9.94. The average molecular weight is 288 g/mol. The first-order valence-corrected chi connectivity index (χ1v) is 8.63. The first-order chi connectivity index (χ1) is 10.1. The molecule has 0 atom stereocenters. The van der Waals surface area contributed by atoms with Crippen LogP contribution < -0.4 is 10.9 Å². The highest BCUT2D eigenvalue weighted by Gasteiger charge is 2.22. The first-order valence-electron chi connectivity index (χ1n) is 8.63. The van der Waals surface area contributed by atoms with Crippen LogP contribution in [-0.2, 0) is 25.9 Å². The molecule has 3 rings (SSSR count). The van der Waals surface area contributed by atoms with Crippen molar-refractivity contribution >= 4 is 0 Å². The van der Waals surface area contributed by atoms with Crippen LogP contribution in [0.1, 0.15) is 62.8 Å². The second-order valence-electron chi connectivity index (χ2n) is 7.14. The lowest BCUT2D eigenvalue weighted by molar-refractivity contribution is 0.480. The van der Waals surface area contributed by atoms with Crippen molar-refractivity contribution in [2.45, 2.75) is 77.9 Å². The lowest BCUT2D eigenvalue weighted by Crippen LogP contribution is -2.32. The van der Waals surface area contributed by atoms with Crippen molar-refractivity contribution < 1.29 is 0 Å². The molecule has 0 radical (unpaired) electrons. The number of pyridine rings is 1. The van der Waals surface area contributed by atoms with Gasteiger partial charge in [-0.25, -0.2) is 0 Å². The molecule has 3 nitrogen and oxygen atoms in total. The maximum Gasteiger partial charge on any atom is 0.255 e. The Morgan fingerprint density at radius 3 is 2.76 bits per heavy atom. The smallest absolute Gasteiger partial charge is 0.255 e. The van der Waals surface area contributed by atoms with Crippen LogP contribution in [0.25, 0.3) is 0 Å². The third kappa shape index (κ3) is 3.57. The molecule has 1 heterocycles. The van der Waals surface area contributed by atoms with Crippen molar-refractivity contribution in [3.63, 3.8) is 0 Å². The van der Waals surface area contributed by atoms with Crippen LogP contribution in [0.5, 0.6) is 0 Å². The van der Waals surface area contributed by atoms with Crippen molar-refractivity contribution in [2.24, 2.45) is 5.92 Å². The maximum atomic E-state index is 12.8. The lowest BCUT2D eigenvalue weighted by Gasteiger charge is -2.23. The standard InChI is InChI=1S/C18H28N2O/c1-13(2)9-10-20-17-6-4-3-5-14(17)11-15(18(20)21)12-19-16-7-8-16/h11,13,16,19H,3-10,12H2,1-2H3. The number of aromatic nitrogens is 1. The second kappa shape index (κ2) is 6.35. The molecule has 1 aromatic heterocycles. The number of fused-ring (bicyclic) bond motifs is 1. The van der Waals surface area contributed by atoms with E-state index in [2.05, 4.69) is 29.8 Å². The van der Waals surface area contributed by atoms with Crippen LogP contribution in [0.2, 0.25) is 0 Å². The van der Waals surface area contributed by atoms with E-state index in [-0.39, 0.29) is 5.56 Å². The van der Waals surface area contributed by atoms with E-state index >= 15 is 0 Å². The zero-order valence-electron chi connectivity index (χ0n) is 13.5. The highest BCUT2D eigenvalue weighted by atomic mass is 16.1. The largest absolute Gasteiger partial charge is 0.312 e. The number of aryl methyl sites for hydroxylation is 1. The Morgan fingerprint density at radius 1 is 1.29 bits per heavy atom. The normalized spacial score (nSPS) is 18.0. The van der Waals surface area contributed by atoms with Gasteiger partial charge in [0.25, 0.3) is 5.56 Å². The van der Waals surface area contributed by atoms with Gasteiger partial charge in [0.05, 0.1) is 0 Å². The summed E-state index contributed by atoms with van der Waals surface area (Å²) >= 11 is 0. The summed E-state index contributed by atoms with van der Waals surface area (Å²) in [5.41, 5.74) is 3.98. The molecule has 0 unspecified atom stereocenters. The van der Waals surface area contributed by atoms with Crippen LogP contribution in [0.3, 0.4) is 0 Å². The van der Waals surface area contributed by atoms with Crippen molar-refractivity contribution in [2.75, 3.05) is 0 Å². The van der Waals surface area contributed by atoms with E-state index in [0.29, 0.717) is 12.0 Å². The summed E-state index contributed by atoms with van der Waals surface area (Å²) in [5.74, 6) is 0.643. The zero-order valence-corrected chi connectivity index (χ0v) is 13.5. The molecule has 1 fully saturated rings. The molecule has 21 heavy (non-hydrogen) atoms. The van der Waals surface area contributed by atoms with Gasteiger partial charge in [-0.15, -0.1) is 0 Å². The molecule has 0 amide bonds. The Morgan fingerprint density at radius 2 is 2.05 bits per heavy atom. The van der Waals surface area contributed by atoms with E-state index in [9.17, 15) is 4.79 Å². The van der Waals surface area contributed by atoms with Gasteiger partial charge in [-0.05, 0) is 62.5 Å². The summed E-state index contributed by atoms with van der Waals surface area (Å²) in [7, 11) is 0. The molecule has 3 heteroatoms. The molecule has 0 spiro atoms. The summed E-state index contributed by atoms with van der Waals surface area (Å²) in [6.07, 6.45) is 8.36. The Kier molecular flexibility index (Phi) is 4.48. The summed E-state index contributed by atoms with van der Waals surface area (Å²) in [5, 5.41) is 3.50. The van der Waals surface area contributed by atoms with Crippen LogP contribution >= 0.6 is 0 Å². The summed E-state index contributed by atoms with van der Waals surface area (Å²) in [6.45, 7) is 6.10.